The zero-order valence-corrected chi connectivity index (χ0v) is 49.3. The highest BCUT2D eigenvalue weighted by molar-refractivity contribution is 7.22. The monoisotopic (exact) mass is 1240 g/mol. The number of amides is 6. The molecular weight excluding hydrogens is 1180 g/mol. The summed E-state index contributed by atoms with van der Waals surface area (Å²) >= 11 is 2.70. The normalized spacial score (nSPS) is 14.5. The van der Waals surface area contributed by atoms with Crippen LogP contribution in [0.3, 0.4) is 0 Å². The van der Waals surface area contributed by atoms with Crippen LogP contribution < -0.4 is 35.6 Å². The lowest BCUT2D eigenvalue weighted by Crippen LogP contribution is -2.54. The lowest BCUT2D eigenvalue weighted by atomic mass is 9.94. The van der Waals surface area contributed by atoms with Gasteiger partial charge in [0, 0.05) is 61.6 Å². The van der Waals surface area contributed by atoms with Crippen molar-refractivity contribution in [3.8, 4) is 23.3 Å². The van der Waals surface area contributed by atoms with E-state index in [1.807, 2.05) is 41.3 Å². The first-order valence-electron chi connectivity index (χ1n) is 28.6. The number of nitrogens with one attached hydrogen (secondary N) is 4. The lowest BCUT2D eigenvalue weighted by Gasteiger charge is -2.29. The fraction of sp³-hybridized carbons (Fsp3) is 0.361. The lowest BCUT2D eigenvalue weighted by molar-refractivity contribution is -0.136. The highest BCUT2D eigenvalue weighted by atomic mass is 32.1. The number of carbonyl (C=O) groups excluding carboxylic acids is 6. The standard InChI is InChI=1S/C61H62FN11O13S2/c62-44-34-38(17-19-47(44)85-27-7-15-50-54(59(80)81)67-61(88-50)71-26-21-39-9-3-10-41(43(39)36-71)55(76)68-60-65-45-12-1-2-14-49(45)87-60)8-5-22-63-23-24-64-51(74)16-6-25-72-35-40(69-70-72)37-84-31-30-82-28-29-83-32-33-86-48-13-4-11-42-53(48)58(79)73(57(42)78)46-18-20-52(75)66-56(46)77/h1-4,9-14,17,19,34-35,46,63H,6-7,15-16,18,20-33,36-37H2,(H,64,74)(H,80,81)(H,65,68,76)(H,66,75,77). The summed E-state index contributed by atoms with van der Waals surface area (Å²) in [5.41, 5.74) is 4.50. The molecule has 0 bridgehead atoms. The Labute approximate surface area is 512 Å². The number of carboxylic acid groups (broad SMARTS) is 1. The summed E-state index contributed by atoms with van der Waals surface area (Å²) in [6.45, 7) is 4.51. The Kier molecular flexibility index (Phi) is 21.2. The van der Waals surface area contributed by atoms with E-state index in [1.165, 1.54) is 40.9 Å². The van der Waals surface area contributed by atoms with Crippen LogP contribution in [0.25, 0.3) is 10.2 Å². The summed E-state index contributed by atoms with van der Waals surface area (Å²) < 4.78 is 46.0. The first-order valence-corrected chi connectivity index (χ1v) is 30.2. The van der Waals surface area contributed by atoms with Crippen molar-refractivity contribution in [2.45, 2.75) is 70.7 Å². The van der Waals surface area contributed by atoms with Crippen LogP contribution in [0.1, 0.15) is 101 Å². The first-order chi connectivity index (χ1) is 42.9. The van der Waals surface area contributed by atoms with E-state index in [4.69, 9.17) is 23.7 Å². The number of rotatable bonds is 30. The van der Waals surface area contributed by atoms with Crippen LogP contribution in [0.2, 0.25) is 0 Å². The molecule has 3 aromatic heterocycles. The molecule has 24 nitrogen and oxygen atoms in total. The van der Waals surface area contributed by atoms with Crippen LogP contribution in [0.15, 0.2) is 85.1 Å². The largest absolute Gasteiger partial charge is 0.491 e. The minimum atomic E-state index is -1.14. The number of ether oxygens (including phenoxy) is 5. The number of nitrogens with zero attached hydrogens (tertiary/aromatic N) is 7. The number of aromatic nitrogens is 5. The number of aryl methyl sites for hydroxylation is 2. The van der Waals surface area contributed by atoms with Crippen molar-refractivity contribution < 1.29 is 66.7 Å². The number of piperidine rings is 1. The molecule has 0 saturated carbocycles. The second-order valence-electron chi connectivity index (χ2n) is 20.4. The Hall–Kier alpha value is -9.04. The Morgan fingerprint density at radius 2 is 1.64 bits per heavy atom. The predicted octanol–water partition coefficient (Wildman–Crippen LogP) is 5.58. The number of aromatic carboxylic acids is 1. The molecule has 1 atom stereocenters. The molecule has 1 saturated heterocycles. The maximum atomic E-state index is 15.1. The Morgan fingerprint density at radius 1 is 0.830 bits per heavy atom. The summed E-state index contributed by atoms with van der Waals surface area (Å²) in [7, 11) is 0. The fourth-order valence-electron chi connectivity index (χ4n) is 9.99. The molecule has 27 heteroatoms. The van der Waals surface area contributed by atoms with Crippen LogP contribution in [0, 0.1) is 17.7 Å². The van der Waals surface area contributed by atoms with Crippen LogP contribution in [0.4, 0.5) is 14.7 Å². The van der Waals surface area contributed by atoms with Crippen molar-refractivity contribution in [2.75, 3.05) is 82.6 Å². The van der Waals surface area contributed by atoms with Gasteiger partial charge in [-0.15, -0.1) is 16.4 Å². The molecule has 6 amide bonds. The zero-order valence-electron chi connectivity index (χ0n) is 47.7. The van der Waals surface area contributed by atoms with E-state index in [-0.39, 0.29) is 86.0 Å². The number of hydrogen-bond donors (Lipinski definition) is 5. The van der Waals surface area contributed by atoms with Gasteiger partial charge in [-0.3, -0.25) is 49.0 Å². The molecule has 3 aliphatic heterocycles. The molecule has 0 spiro atoms. The molecule has 1 fully saturated rings. The van der Waals surface area contributed by atoms with Crippen LogP contribution in [0.5, 0.6) is 11.5 Å². The van der Waals surface area contributed by atoms with Gasteiger partial charge in [-0.2, -0.15) is 0 Å². The van der Waals surface area contributed by atoms with E-state index in [0.717, 1.165) is 26.2 Å². The number of imide groups is 2. The van der Waals surface area contributed by atoms with Gasteiger partial charge in [0.05, 0.1) is 80.3 Å². The number of para-hydroxylation sites is 1. The summed E-state index contributed by atoms with van der Waals surface area (Å²) in [5.74, 6) is 1.65. The third-order valence-electron chi connectivity index (χ3n) is 14.3. The third kappa shape index (κ3) is 15.9. The van der Waals surface area contributed by atoms with Gasteiger partial charge < -0.3 is 44.3 Å². The van der Waals surface area contributed by atoms with Crippen molar-refractivity contribution >= 4 is 84.6 Å². The maximum absolute atomic E-state index is 15.1. The Bertz CT molecular complexity index is 3750. The van der Waals surface area contributed by atoms with Gasteiger partial charge in [0.2, 0.25) is 17.7 Å². The van der Waals surface area contributed by atoms with Crippen molar-refractivity contribution in [1.82, 2.24) is 45.8 Å². The molecule has 0 radical (unpaired) electrons. The quantitative estimate of drug-likeness (QED) is 0.0209. The Balaban J connectivity index is 0.542. The highest BCUT2D eigenvalue weighted by Gasteiger charge is 2.46. The van der Waals surface area contributed by atoms with E-state index in [1.54, 1.807) is 35.1 Å². The van der Waals surface area contributed by atoms with Gasteiger partial charge >= 0.3 is 5.97 Å². The summed E-state index contributed by atoms with van der Waals surface area (Å²) in [4.78, 5) is 101. The van der Waals surface area contributed by atoms with Crippen molar-refractivity contribution in [1.29, 1.82) is 0 Å². The first kappa shape index (κ1) is 62.0. The van der Waals surface area contributed by atoms with Crippen LogP contribution in [-0.2, 0) is 61.1 Å². The number of fused-ring (bicyclic) bond motifs is 3. The molecule has 5 N–H and O–H groups in total. The zero-order chi connectivity index (χ0) is 61.4. The molecule has 88 heavy (non-hydrogen) atoms. The summed E-state index contributed by atoms with van der Waals surface area (Å²) in [6, 6.07) is 21.4. The van der Waals surface area contributed by atoms with E-state index in [2.05, 4.69) is 53.4 Å². The van der Waals surface area contributed by atoms with Crippen molar-refractivity contribution in [3.63, 3.8) is 0 Å². The molecular formula is C61H62FN11O13S2. The molecule has 3 aliphatic rings. The van der Waals surface area contributed by atoms with Gasteiger partial charge in [-0.25, -0.2) is 19.2 Å². The van der Waals surface area contributed by atoms with E-state index < -0.39 is 41.5 Å². The number of benzene rings is 4. The Morgan fingerprint density at radius 3 is 2.45 bits per heavy atom. The SMILES string of the molecule is O=C(CCCn1cc(COCCOCCOCCOc2cccc3c2C(=O)N(C2CCC(=O)NC2=O)C3=O)nn1)NCCNCC#Cc1ccc(OCCCc2sc(N3CCc4cccc(C(=O)Nc5nc6ccccc6s5)c4C3)nc2C(=O)O)c(F)c1. The summed E-state index contributed by atoms with van der Waals surface area (Å²) in [5, 5.41) is 30.5. The second-order valence-corrected chi connectivity index (χ2v) is 22.5. The molecule has 0 aliphatic carbocycles. The minimum Gasteiger partial charge on any atom is -0.491 e. The fourth-order valence-corrected chi connectivity index (χ4v) is 12.0. The van der Waals surface area contributed by atoms with E-state index >= 15 is 4.39 Å². The number of hydrogen-bond acceptors (Lipinski definition) is 20. The molecule has 6 heterocycles. The van der Waals surface area contributed by atoms with Gasteiger partial charge in [0.1, 0.15) is 24.1 Å². The second kappa shape index (κ2) is 30.0. The van der Waals surface area contributed by atoms with Crippen molar-refractivity contribution in [2.24, 2.45) is 0 Å². The van der Waals surface area contributed by atoms with Crippen molar-refractivity contribution in [3.05, 3.63) is 141 Å². The number of halogens is 1. The average Bonchev–Trinajstić information content (AvgIpc) is 3.71. The van der Waals surface area contributed by atoms with Gasteiger partial charge in [-0.1, -0.05) is 58.7 Å². The van der Waals surface area contributed by atoms with E-state index in [0.29, 0.717) is 123 Å². The molecule has 1 unspecified atom stereocenters. The van der Waals surface area contributed by atoms with Crippen LogP contribution in [-0.4, -0.2) is 155 Å². The van der Waals surface area contributed by atoms with Gasteiger partial charge in [0.25, 0.3) is 17.7 Å². The maximum Gasteiger partial charge on any atom is 0.355 e. The number of anilines is 2. The van der Waals surface area contributed by atoms with Crippen LogP contribution >= 0.6 is 22.7 Å². The molecule has 4 aromatic carbocycles. The van der Waals surface area contributed by atoms with Gasteiger partial charge in [0.15, 0.2) is 27.5 Å². The van der Waals surface area contributed by atoms with Gasteiger partial charge in [-0.05, 0) is 91.8 Å². The summed E-state index contributed by atoms with van der Waals surface area (Å²) in [6.07, 6.45) is 4.11. The highest BCUT2D eigenvalue weighted by Crippen LogP contribution is 2.36. The topological polar surface area (TPSA) is 297 Å². The molecule has 7 aromatic rings. The number of carboxylic acids is 1. The van der Waals surface area contributed by atoms with E-state index in [9.17, 15) is 38.7 Å². The molecule has 10 rings (SSSR count). The smallest absolute Gasteiger partial charge is 0.355 e. The average molecular weight is 1240 g/mol. The third-order valence-corrected chi connectivity index (χ3v) is 16.4. The minimum absolute atomic E-state index is 0.0274. The molecule has 458 valence electrons. The number of carbonyl (C=O) groups is 7. The predicted molar refractivity (Wildman–Crippen MR) is 320 cm³/mol. The number of thiazole rings is 2.